The van der Waals surface area contributed by atoms with Crippen molar-refractivity contribution in [2.24, 2.45) is 17.3 Å². The van der Waals surface area contributed by atoms with Gasteiger partial charge >= 0.3 is 6.09 Å². The summed E-state index contributed by atoms with van der Waals surface area (Å²) in [7, 11) is 1.73. The SMILES string of the molecule is CO[C@@H]1[C@H](OC(=O)N2CC(C)(O)C2)CCC2(CO2)[C@H]1[C@@]1(C)C[C@@H]1CC=C(C)C. The predicted octanol–water partition coefficient (Wildman–Crippen LogP) is 3.13. The zero-order chi connectivity index (χ0) is 20.3. The van der Waals surface area contributed by atoms with Gasteiger partial charge in [0.25, 0.3) is 0 Å². The average Bonchev–Trinajstić information content (AvgIpc) is 3.50. The van der Waals surface area contributed by atoms with E-state index in [-0.39, 0.29) is 35.2 Å². The van der Waals surface area contributed by atoms with E-state index >= 15 is 0 Å². The number of hydrogen-bond donors (Lipinski definition) is 1. The van der Waals surface area contributed by atoms with Crippen LogP contribution in [0.5, 0.6) is 0 Å². The first-order valence-corrected chi connectivity index (χ1v) is 10.6. The maximum Gasteiger partial charge on any atom is 0.410 e. The summed E-state index contributed by atoms with van der Waals surface area (Å²) in [4.78, 5) is 14.1. The number of rotatable bonds is 5. The van der Waals surface area contributed by atoms with E-state index < -0.39 is 5.60 Å². The topological polar surface area (TPSA) is 71.5 Å². The fourth-order valence-corrected chi connectivity index (χ4v) is 5.72. The Bertz CT molecular complexity index is 658. The predicted molar refractivity (Wildman–Crippen MR) is 105 cm³/mol. The first kappa shape index (κ1) is 20.2. The first-order chi connectivity index (χ1) is 13.1. The Hall–Kier alpha value is -1.11. The fourth-order valence-electron chi connectivity index (χ4n) is 5.72. The molecule has 4 rings (SSSR count). The number of methoxy groups -OCH3 is 1. The molecule has 1 spiro atoms. The summed E-state index contributed by atoms with van der Waals surface area (Å²) in [6, 6.07) is 0. The van der Waals surface area contributed by atoms with Gasteiger partial charge in [0.1, 0.15) is 12.2 Å². The molecule has 2 aliphatic carbocycles. The summed E-state index contributed by atoms with van der Waals surface area (Å²) in [6.07, 6.45) is 5.52. The van der Waals surface area contributed by atoms with Crippen molar-refractivity contribution in [1.29, 1.82) is 0 Å². The molecule has 6 heteroatoms. The molecule has 0 bridgehead atoms. The Morgan fingerprint density at radius 3 is 2.54 bits per heavy atom. The average molecular weight is 394 g/mol. The van der Waals surface area contributed by atoms with Gasteiger partial charge in [-0.15, -0.1) is 0 Å². The van der Waals surface area contributed by atoms with Crippen molar-refractivity contribution in [2.75, 3.05) is 26.8 Å². The van der Waals surface area contributed by atoms with Gasteiger partial charge in [0.05, 0.1) is 30.9 Å². The number of β-amino-alcohol motifs (C(OH)–C–C–N with tert-alkyl or cyclic N) is 1. The van der Waals surface area contributed by atoms with Crippen LogP contribution in [0, 0.1) is 17.3 Å². The highest BCUT2D eigenvalue weighted by Crippen LogP contribution is 2.68. The lowest BCUT2D eigenvalue weighted by molar-refractivity contribution is -0.135. The summed E-state index contributed by atoms with van der Waals surface area (Å²) >= 11 is 0. The number of ether oxygens (including phenoxy) is 3. The van der Waals surface area contributed by atoms with E-state index in [1.54, 1.807) is 18.9 Å². The second-order valence-electron chi connectivity index (χ2n) is 10.3. The third-order valence-corrected chi connectivity index (χ3v) is 7.45. The van der Waals surface area contributed by atoms with Crippen molar-refractivity contribution >= 4 is 6.09 Å². The van der Waals surface area contributed by atoms with Gasteiger partial charge in [-0.3, -0.25) is 0 Å². The Morgan fingerprint density at radius 1 is 1.32 bits per heavy atom. The number of amides is 1. The second-order valence-corrected chi connectivity index (χ2v) is 10.3. The highest BCUT2D eigenvalue weighted by atomic mass is 16.6. The molecule has 1 unspecified atom stereocenters. The molecule has 2 saturated carbocycles. The molecular formula is C22H35NO5. The number of likely N-dealkylation sites (tertiary alicyclic amines) is 1. The van der Waals surface area contributed by atoms with Crippen molar-refractivity contribution in [3.8, 4) is 0 Å². The number of hydrogen-bond acceptors (Lipinski definition) is 5. The molecular weight excluding hydrogens is 358 g/mol. The first-order valence-electron chi connectivity index (χ1n) is 10.6. The minimum Gasteiger partial charge on any atom is -0.443 e. The van der Waals surface area contributed by atoms with Crippen molar-refractivity contribution in [3.63, 3.8) is 0 Å². The summed E-state index contributed by atoms with van der Waals surface area (Å²) in [5.74, 6) is 0.873. The van der Waals surface area contributed by atoms with E-state index in [4.69, 9.17) is 14.2 Å². The number of carbonyl (C=O) groups excluding carboxylic acids is 1. The van der Waals surface area contributed by atoms with Crippen molar-refractivity contribution < 1.29 is 24.1 Å². The standard InChI is InChI=1S/C22H35NO5/c1-14(2)6-7-15-10-21(15,4)18-17(26-5)16(8-9-22(18)13-27-22)28-19(24)23-11-20(3,25)12-23/h6,15-18,25H,7-13H2,1-5H3/t15-,16+,17+,18+,21-,22?/m0/s1. The molecule has 2 heterocycles. The van der Waals surface area contributed by atoms with E-state index in [1.165, 1.54) is 12.0 Å². The van der Waals surface area contributed by atoms with Crippen LogP contribution in [0.15, 0.2) is 11.6 Å². The summed E-state index contributed by atoms with van der Waals surface area (Å²) in [5.41, 5.74) is 0.629. The van der Waals surface area contributed by atoms with E-state index in [0.29, 0.717) is 19.0 Å². The van der Waals surface area contributed by atoms with Gasteiger partial charge in [-0.05, 0) is 57.8 Å². The Kier molecular flexibility index (Phi) is 4.83. The highest BCUT2D eigenvalue weighted by molar-refractivity contribution is 5.69. The normalized spacial score (nSPS) is 43.3. The molecule has 1 amide bonds. The maximum absolute atomic E-state index is 12.5. The van der Waals surface area contributed by atoms with Crippen LogP contribution in [0.25, 0.3) is 0 Å². The zero-order valence-electron chi connectivity index (χ0n) is 17.9. The number of aliphatic hydroxyl groups is 1. The van der Waals surface area contributed by atoms with Crippen LogP contribution in [0.1, 0.15) is 53.4 Å². The van der Waals surface area contributed by atoms with Crippen LogP contribution in [0.3, 0.4) is 0 Å². The van der Waals surface area contributed by atoms with E-state index in [1.807, 2.05) is 0 Å². The largest absolute Gasteiger partial charge is 0.443 e. The monoisotopic (exact) mass is 393 g/mol. The van der Waals surface area contributed by atoms with E-state index in [0.717, 1.165) is 25.9 Å². The van der Waals surface area contributed by atoms with Crippen molar-refractivity contribution in [1.82, 2.24) is 4.90 Å². The van der Waals surface area contributed by atoms with Crippen LogP contribution in [-0.4, -0.2) is 66.3 Å². The van der Waals surface area contributed by atoms with Crippen LogP contribution < -0.4 is 0 Å². The molecule has 6 atom stereocenters. The molecule has 0 aromatic rings. The Balaban J connectivity index is 1.46. The highest BCUT2D eigenvalue weighted by Gasteiger charge is 2.70. The van der Waals surface area contributed by atoms with E-state index in [2.05, 4.69) is 26.8 Å². The molecule has 2 saturated heterocycles. The summed E-state index contributed by atoms with van der Waals surface area (Å²) < 4.78 is 17.9. The van der Waals surface area contributed by atoms with Gasteiger partial charge in [0, 0.05) is 13.0 Å². The third-order valence-electron chi connectivity index (χ3n) is 7.45. The molecule has 0 aromatic heterocycles. The Labute approximate surface area is 168 Å². The summed E-state index contributed by atoms with van der Waals surface area (Å²) in [6.45, 7) is 9.83. The van der Waals surface area contributed by atoms with Gasteiger partial charge in [-0.2, -0.15) is 0 Å². The molecule has 28 heavy (non-hydrogen) atoms. The lowest BCUT2D eigenvalue weighted by atomic mass is 9.67. The molecule has 2 aliphatic heterocycles. The molecule has 0 aromatic carbocycles. The quantitative estimate of drug-likeness (QED) is 0.574. The van der Waals surface area contributed by atoms with Crippen LogP contribution in [-0.2, 0) is 14.2 Å². The lowest BCUT2D eigenvalue weighted by Crippen LogP contribution is -2.63. The number of carbonyl (C=O) groups is 1. The summed E-state index contributed by atoms with van der Waals surface area (Å²) in [5, 5.41) is 9.89. The molecule has 4 aliphatic rings. The van der Waals surface area contributed by atoms with Crippen molar-refractivity contribution in [2.45, 2.75) is 76.8 Å². The van der Waals surface area contributed by atoms with Gasteiger partial charge in [-0.25, -0.2) is 4.79 Å². The van der Waals surface area contributed by atoms with Gasteiger partial charge in [0.15, 0.2) is 0 Å². The van der Waals surface area contributed by atoms with Gasteiger partial charge in [-0.1, -0.05) is 18.6 Å². The smallest absolute Gasteiger partial charge is 0.410 e. The van der Waals surface area contributed by atoms with Crippen molar-refractivity contribution in [3.05, 3.63) is 11.6 Å². The maximum atomic E-state index is 12.5. The van der Waals surface area contributed by atoms with Gasteiger partial charge in [0.2, 0.25) is 0 Å². The number of nitrogens with zero attached hydrogens (tertiary/aromatic N) is 1. The molecule has 6 nitrogen and oxygen atoms in total. The number of epoxide rings is 1. The van der Waals surface area contributed by atoms with Crippen LogP contribution in [0.4, 0.5) is 4.79 Å². The molecule has 0 radical (unpaired) electrons. The Morgan fingerprint density at radius 2 is 2.00 bits per heavy atom. The minimum atomic E-state index is -0.791. The lowest BCUT2D eigenvalue weighted by Gasteiger charge is -2.47. The minimum absolute atomic E-state index is 0.0987. The zero-order valence-corrected chi connectivity index (χ0v) is 17.9. The number of allylic oxidation sites excluding steroid dienone is 2. The fraction of sp³-hybridized carbons (Fsp3) is 0.864. The third kappa shape index (κ3) is 3.48. The second kappa shape index (κ2) is 6.71. The molecule has 158 valence electrons. The molecule has 1 N–H and O–H groups in total. The van der Waals surface area contributed by atoms with Crippen LogP contribution in [0.2, 0.25) is 0 Å². The van der Waals surface area contributed by atoms with Crippen LogP contribution >= 0.6 is 0 Å². The molecule has 4 fully saturated rings. The van der Waals surface area contributed by atoms with E-state index in [9.17, 15) is 9.90 Å². The van der Waals surface area contributed by atoms with Gasteiger partial charge < -0.3 is 24.2 Å².